The van der Waals surface area contributed by atoms with E-state index in [1.165, 1.54) is 11.8 Å². The van der Waals surface area contributed by atoms with Crippen LogP contribution in [0.4, 0.5) is 5.82 Å². The highest BCUT2D eigenvalue weighted by atomic mass is 16.5. The van der Waals surface area contributed by atoms with E-state index in [1.54, 1.807) is 31.4 Å². The standard InChI is InChI=1S/C11H12N4O3/c1-17-8-5-3-4-7(6-8)15-10(12)9(13-14-15)11(16)18-2/h3-6H,12H2,1-2H3. The third-order valence-electron chi connectivity index (χ3n) is 2.38. The summed E-state index contributed by atoms with van der Waals surface area (Å²) in [6, 6.07) is 7.08. The average molecular weight is 248 g/mol. The molecule has 0 bridgehead atoms. The van der Waals surface area contributed by atoms with Crippen LogP contribution in [0.5, 0.6) is 5.75 Å². The van der Waals surface area contributed by atoms with Crippen LogP contribution in [-0.4, -0.2) is 35.2 Å². The number of nitrogen functional groups attached to an aromatic ring is 1. The van der Waals surface area contributed by atoms with Crippen LogP contribution in [0.1, 0.15) is 10.5 Å². The minimum atomic E-state index is -0.623. The number of rotatable bonds is 3. The van der Waals surface area contributed by atoms with Crippen molar-refractivity contribution in [2.45, 2.75) is 0 Å². The number of ether oxygens (including phenoxy) is 2. The first kappa shape index (κ1) is 11.9. The Morgan fingerprint density at radius 1 is 1.39 bits per heavy atom. The van der Waals surface area contributed by atoms with Gasteiger partial charge in [-0.05, 0) is 12.1 Å². The number of hydrogen-bond acceptors (Lipinski definition) is 6. The smallest absolute Gasteiger partial charge is 0.362 e. The van der Waals surface area contributed by atoms with Gasteiger partial charge < -0.3 is 15.2 Å². The van der Waals surface area contributed by atoms with Crippen LogP contribution in [0, 0.1) is 0 Å². The predicted octanol–water partition coefficient (Wildman–Crippen LogP) is 0.645. The first-order valence-electron chi connectivity index (χ1n) is 5.11. The largest absolute Gasteiger partial charge is 0.497 e. The van der Waals surface area contributed by atoms with Gasteiger partial charge in [0.25, 0.3) is 0 Å². The van der Waals surface area contributed by atoms with Gasteiger partial charge in [0, 0.05) is 6.07 Å². The summed E-state index contributed by atoms with van der Waals surface area (Å²) in [6.45, 7) is 0. The molecule has 1 aromatic carbocycles. The fourth-order valence-corrected chi connectivity index (χ4v) is 1.46. The number of hydrogen-bond donors (Lipinski definition) is 1. The molecule has 2 rings (SSSR count). The van der Waals surface area contributed by atoms with E-state index in [0.29, 0.717) is 11.4 Å². The van der Waals surface area contributed by atoms with Crippen molar-refractivity contribution in [2.75, 3.05) is 20.0 Å². The van der Waals surface area contributed by atoms with E-state index in [4.69, 9.17) is 10.5 Å². The Kier molecular flexibility index (Phi) is 3.13. The molecule has 1 heterocycles. The molecule has 2 aromatic rings. The van der Waals surface area contributed by atoms with Gasteiger partial charge in [-0.3, -0.25) is 0 Å². The number of esters is 1. The van der Waals surface area contributed by atoms with Crippen LogP contribution in [0.3, 0.4) is 0 Å². The zero-order valence-electron chi connectivity index (χ0n) is 9.95. The second-order valence-corrected chi connectivity index (χ2v) is 3.43. The molecule has 0 aliphatic rings. The van der Waals surface area contributed by atoms with E-state index in [-0.39, 0.29) is 11.5 Å². The molecular formula is C11H12N4O3. The summed E-state index contributed by atoms with van der Waals surface area (Å²) in [5.41, 5.74) is 6.43. The van der Waals surface area contributed by atoms with Crippen LogP contribution in [0.2, 0.25) is 0 Å². The second kappa shape index (κ2) is 4.74. The zero-order chi connectivity index (χ0) is 13.1. The van der Waals surface area contributed by atoms with Crippen molar-refractivity contribution in [1.29, 1.82) is 0 Å². The van der Waals surface area contributed by atoms with Gasteiger partial charge in [-0.1, -0.05) is 11.3 Å². The van der Waals surface area contributed by atoms with E-state index in [1.807, 2.05) is 0 Å². The van der Waals surface area contributed by atoms with Crippen molar-refractivity contribution in [3.8, 4) is 11.4 Å². The molecule has 0 unspecified atom stereocenters. The highest BCUT2D eigenvalue weighted by Gasteiger charge is 2.18. The topological polar surface area (TPSA) is 92.3 Å². The highest BCUT2D eigenvalue weighted by Crippen LogP contribution is 2.19. The monoisotopic (exact) mass is 248 g/mol. The molecule has 2 N–H and O–H groups in total. The summed E-state index contributed by atoms with van der Waals surface area (Å²) in [5.74, 6) is 0.152. The summed E-state index contributed by atoms with van der Waals surface area (Å²) in [7, 11) is 2.82. The zero-order valence-corrected chi connectivity index (χ0v) is 9.95. The van der Waals surface area contributed by atoms with E-state index in [2.05, 4.69) is 15.0 Å². The molecule has 1 aromatic heterocycles. The second-order valence-electron chi connectivity index (χ2n) is 3.43. The Bertz CT molecular complexity index is 579. The van der Waals surface area contributed by atoms with Gasteiger partial charge in [-0.2, -0.15) is 4.68 Å². The number of benzene rings is 1. The molecule has 0 aliphatic carbocycles. The molecule has 7 nitrogen and oxygen atoms in total. The van der Waals surface area contributed by atoms with Gasteiger partial charge in [0.05, 0.1) is 19.9 Å². The lowest BCUT2D eigenvalue weighted by molar-refractivity contribution is 0.0595. The number of nitrogens with zero attached hydrogens (tertiary/aromatic N) is 3. The first-order valence-corrected chi connectivity index (χ1v) is 5.11. The van der Waals surface area contributed by atoms with Crippen molar-refractivity contribution in [3.05, 3.63) is 30.0 Å². The Morgan fingerprint density at radius 3 is 2.83 bits per heavy atom. The molecule has 18 heavy (non-hydrogen) atoms. The lowest BCUT2D eigenvalue weighted by Gasteiger charge is -2.05. The number of anilines is 1. The summed E-state index contributed by atoms with van der Waals surface area (Å²) in [5, 5.41) is 7.51. The fraction of sp³-hybridized carbons (Fsp3) is 0.182. The van der Waals surface area contributed by atoms with E-state index < -0.39 is 5.97 Å². The molecule has 7 heteroatoms. The van der Waals surface area contributed by atoms with Gasteiger partial charge >= 0.3 is 5.97 Å². The molecule has 0 saturated heterocycles. The normalized spacial score (nSPS) is 10.1. The SMILES string of the molecule is COC(=O)c1nnn(-c2cccc(OC)c2)c1N. The van der Waals surface area contributed by atoms with Gasteiger partial charge in [-0.15, -0.1) is 5.10 Å². The summed E-state index contributed by atoms with van der Waals surface area (Å²) < 4.78 is 11.0. The van der Waals surface area contributed by atoms with Crippen molar-refractivity contribution in [3.63, 3.8) is 0 Å². The number of methoxy groups -OCH3 is 2. The van der Waals surface area contributed by atoms with Gasteiger partial charge in [-0.25, -0.2) is 4.79 Å². The minimum Gasteiger partial charge on any atom is -0.497 e. The summed E-state index contributed by atoms with van der Waals surface area (Å²) in [4.78, 5) is 11.4. The van der Waals surface area contributed by atoms with Gasteiger partial charge in [0.1, 0.15) is 5.75 Å². The number of carbonyl (C=O) groups is 1. The minimum absolute atomic E-state index is 0.0136. The van der Waals surface area contributed by atoms with E-state index in [0.717, 1.165) is 0 Å². The predicted molar refractivity (Wildman–Crippen MR) is 63.7 cm³/mol. The average Bonchev–Trinajstić information content (AvgIpc) is 2.80. The third kappa shape index (κ3) is 1.97. The molecule has 0 radical (unpaired) electrons. The highest BCUT2D eigenvalue weighted by molar-refractivity contribution is 5.92. The number of aromatic nitrogens is 3. The summed E-state index contributed by atoms with van der Waals surface area (Å²) in [6.07, 6.45) is 0. The van der Waals surface area contributed by atoms with Crippen molar-refractivity contribution >= 4 is 11.8 Å². The quantitative estimate of drug-likeness (QED) is 0.801. The van der Waals surface area contributed by atoms with Crippen molar-refractivity contribution in [2.24, 2.45) is 0 Å². The Hall–Kier alpha value is -2.57. The van der Waals surface area contributed by atoms with Crippen LogP contribution >= 0.6 is 0 Å². The van der Waals surface area contributed by atoms with Crippen LogP contribution < -0.4 is 10.5 Å². The summed E-state index contributed by atoms with van der Waals surface area (Å²) >= 11 is 0. The molecule has 0 amide bonds. The maximum atomic E-state index is 11.4. The van der Waals surface area contributed by atoms with Crippen LogP contribution in [0.25, 0.3) is 5.69 Å². The maximum absolute atomic E-state index is 11.4. The molecular weight excluding hydrogens is 236 g/mol. The third-order valence-corrected chi connectivity index (χ3v) is 2.38. The van der Waals surface area contributed by atoms with Crippen LogP contribution in [0.15, 0.2) is 24.3 Å². The lowest BCUT2D eigenvalue weighted by atomic mass is 10.3. The number of carbonyl (C=O) groups excluding carboxylic acids is 1. The van der Waals surface area contributed by atoms with E-state index >= 15 is 0 Å². The molecule has 0 fully saturated rings. The van der Waals surface area contributed by atoms with Crippen molar-refractivity contribution in [1.82, 2.24) is 15.0 Å². The molecule has 0 aliphatic heterocycles. The van der Waals surface area contributed by atoms with Crippen molar-refractivity contribution < 1.29 is 14.3 Å². The van der Waals surface area contributed by atoms with Gasteiger partial charge in [0.15, 0.2) is 5.82 Å². The molecule has 0 saturated carbocycles. The maximum Gasteiger partial charge on any atom is 0.362 e. The first-order chi connectivity index (χ1) is 8.67. The van der Waals surface area contributed by atoms with E-state index in [9.17, 15) is 4.79 Å². The molecule has 0 atom stereocenters. The van der Waals surface area contributed by atoms with Gasteiger partial charge in [0.2, 0.25) is 5.69 Å². The molecule has 94 valence electrons. The molecule has 0 spiro atoms. The Morgan fingerprint density at radius 2 is 2.17 bits per heavy atom. The van der Waals surface area contributed by atoms with Crippen LogP contribution in [-0.2, 0) is 4.74 Å². The Balaban J connectivity index is 2.45. The Labute approximate surface area is 103 Å². The number of nitrogens with two attached hydrogens (primary N) is 1. The fourth-order valence-electron chi connectivity index (χ4n) is 1.46. The lowest BCUT2D eigenvalue weighted by Crippen LogP contribution is -2.07.